The first-order valence-corrected chi connectivity index (χ1v) is 8.09. The SMILES string of the molecule is c1nc2c([nH]1)CNC(CN1CCN3CCCCC3C1)C2. The van der Waals surface area contributed by atoms with Gasteiger partial charge < -0.3 is 10.3 Å². The third-order valence-corrected chi connectivity index (χ3v) is 5.21. The Morgan fingerprint density at radius 2 is 2.25 bits per heavy atom. The quantitative estimate of drug-likeness (QED) is 0.829. The van der Waals surface area contributed by atoms with Crippen LogP contribution in [0.1, 0.15) is 30.7 Å². The van der Waals surface area contributed by atoms with E-state index in [0.717, 1.165) is 19.0 Å². The van der Waals surface area contributed by atoms with Gasteiger partial charge >= 0.3 is 0 Å². The van der Waals surface area contributed by atoms with Crippen molar-refractivity contribution < 1.29 is 0 Å². The van der Waals surface area contributed by atoms with E-state index < -0.39 is 0 Å². The van der Waals surface area contributed by atoms with Crippen molar-refractivity contribution in [2.45, 2.75) is 44.3 Å². The summed E-state index contributed by atoms with van der Waals surface area (Å²) < 4.78 is 0. The molecule has 110 valence electrons. The molecule has 0 saturated carbocycles. The first-order valence-electron chi connectivity index (χ1n) is 8.09. The first kappa shape index (κ1) is 12.8. The summed E-state index contributed by atoms with van der Waals surface area (Å²) in [5.41, 5.74) is 2.54. The van der Waals surface area contributed by atoms with E-state index in [9.17, 15) is 0 Å². The minimum absolute atomic E-state index is 0.570. The van der Waals surface area contributed by atoms with Gasteiger partial charge in [0.25, 0.3) is 0 Å². The molecule has 0 aromatic carbocycles. The molecule has 1 aromatic rings. The summed E-state index contributed by atoms with van der Waals surface area (Å²) in [5.74, 6) is 0. The second-order valence-electron chi connectivity index (χ2n) is 6.55. The minimum Gasteiger partial charge on any atom is -0.347 e. The summed E-state index contributed by atoms with van der Waals surface area (Å²) in [6.07, 6.45) is 7.13. The number of nitrogens with one attached hydrogen (secondary N) is 2. The van der Waals surface area contributed by atoms with E-state index in [-0.39, 0.29) is 0 Å². The molecule has 0 bridgehead atoms. The van der Waals surface area contributed by atoms with Gasteiger partial charge in [-0.2, -0.15) is 0 Å². The van der Waals surface area contributed by atoms with Crippen LogP contribution in [0.3, 0.4) is 0 Å². The van der Waals surface area contributed by atoms with Crippen molar-refractivity contribution in [2.24, 2.45) is 0 Å². The normalized spacial score (nSPS) is 31.8. The summed E-state index contributed by atoms with van der Waals surface area (Å²) in [6, 6.07) is 1.39. The van der Waals surface area contributed by atoms with Gasteiger partial charge in [0.1, 0.15) is 0 Å². The largest absolute Gasteiger partial charge is 0.347 e. The monoisotopic (exact) mass is 275 g/mol. The topological polar surface area (TPSA) is 47.2 Å². The second-order valence-corrected chi connectivity index (χ2v) is 6.55. The molecular formula is C15H25N5. The van der Waals surface area contributed by atoms with Crippen molar-refractivity contribution in [1.82, 2.24) is 25.1 Å². The molecule has 2 N–H and O–H groups in total. The Hall–Kier alpha value is -0.910. The van der Waals surface area contributed by atoms with Crippen molar-refractivity contribution >= 4 is 0 Å². The van der Waals surface area contributed by atoms with Gasteiger partial charge in [-0.05, 0) is 19.4 Å². The number of H-pyrrole nitrogens is 1. The zero-order chi connectivity index (χ0) is 13.4. The first-order chi connectivity index (χ1) is 9.88. The number of piperazine rings is 1. The summed E-state index contributed by atoms with van der Waals surface area (Å²) in [5, 5.41) is 3.65. The van der Waals surface area contributed by atoms with Gasteiger partial charge in [-0.15, -0.1) is 0 Å². The zero-order valence-corrected chi connectivity index (χ0v) is 12.1. The van der Waals surface area contributed by atoms with Crippen LogP contribution in [0, 0.1) is 0 Å². The van der Waals surface area contributed by atoms with E-state index >= 15 is 0 Å². The third kappa shape index (κ3) is 2.50. The number of aromatic nitrogens is 2. The second kappa shape index (κ2) is 5.47. The molecule has 0 amide bonds. The van der Waals surface area contributed by atoms with E-state index in [2.05, 4.69) is 25.1 Å². The molecule has 4 heterocycles. The van der Waals surface area contributed by atoms with Gasteiger partial charge in [-0.25, -0.2) is 4.98 Å². The average Bonchev–Trinajstić information content (AvgIpc) is 2.95. The van der Waals surface area contributed by atoms with Crippen molar-refractivity contribution in [3.63, 3.8) is 0 Å². The van der Waals surface area contributed by atoms with Gasteiger partial charge in [0.2, 0.25) is 0 Å². The molecule has 2 fully saturated rings. The number of rotatable bonds is 2. The molecule has 2 atom stereocenters. The zero-order valence-electron chi connectivity index (χ0n) is 12.1. The predicted molar refractivity (Wildman–Crippen MR) is 78.6 cm³/mol. The van der Waals surface area contributed by atoms with E-state index in [4.69, 9.17) is 0 Å². The predicted octanol–water partition coefficient (Wildman–Crippen LogP) is 0.594. The van der Waals surface area contributed by atoms with Gasteiger partial charge in [-0.3, -0.25) is 9.80 Å². The molecule has 5 heteroatoms. The van der Waals surface area contributed by atoms with Crippen LogP contribution < -0.4 is 5.32 Å². The molecule has 4 rings (SSSR count). The molecule has 1 aromatic heterocycles. The van der Waals surface area contributed by atoms with Gasteiger partial charge in [0.15, 0.2) is 0 Å². The van der Waals surface area contributed by atoms with Crippen molar-refractivity contribution in [1.29, 1.82) is 0 Å². The standard InChI is InChI=1S/C15H25N5/c1-2-4-20-6-5-19(10-13(20)3-1)9-12-7-14-15(8-16-12)18-11-17-14/h11-13,16H,1-10H2,(H,17,18). The Morgan fingerprint density at radius 3 is 3.25 bits per heavy atom. The van der Waals surface area contributed by atoms with Gasteiger partial charge in [0, 0.05) is 51.2 Å². The molecule has 3 aliphatic heterocycles. The highest BCUT2D eigenvalue weighted by molar-refractivity contribution is 5.16. The smallest absolute Gasteiger partial charge is 0.0925 e. The maximum atomic E-state index is 4.44. The molecular weight excluding hydrogens is 250 g/mol. The van der Waals surface area contributed by atoms with Crippen LogP contribution in [0.4, 0.5) is 0 Å². The van der Waals surface area contributed by atoms with Crippen molar-refractivity contribution in [3.05, 3.63) is 17.7 Å². The van der Waals surface area contributed by atoms with Gasteiger partial charge in [0.05, 0.1) is 17.7 Å². The number of hydrogen-bond donors (Lipinski definition) is 2. The number of piperidine rings is 1. The molecule has 0 aliphatic carbocycles. The van der Waals surface area contributed by atoms with Crippen molar-refractivity contribution in [3.8, 4) is 0 Å². The third-order valence-electron chi connectivity index (χ3n) is 5.21. The lowest BCUT2D eigenvalue weighted by Crippen LogP contribution is -2.57. The fourth-order valence-electron chi connectivity index (χ4n) is 4.06. The number of imidazole rings is 1. The van der Waals surface area contributed by atoms with Crippen LogP contribution >= 0.6 is 0 Å². The Kier molecular flexibility index (Phi) is 3.50. The van der Waals surface area contributed by atoms with Crippen LogP contribution in [0.15, 0.2) is 6.33 Å². The maximum Gasteiger partial charge on any atom is 0.0925 e. The fourth-order valence-corrected chi connectivity index (χ4v) is 4.06. The molecule has 0 radical (unpaired) electrons. The van der Waals surface area contributed by atoms with Crippen LogP contribution in [0.25, 0.3) is 0 Å². The van der Waals surface area contributed by atoms with E-state index in [1.165, 1.54) is 63.4 Å². The highest BCUT2D eigenvalue weighted by Gasteiger charge is 2.30. The Balaban J connectivity index is 1.34. The van der Waals surface area contributed by atoms with Crippen LogP contribution in [0.2, 0.25) is 0 Å². The molecule has 3 aliphatic rings. The minimum atomic E-state index is 0.570. The van der Waals surface area contributed by atoms with Gasteiger partial charge in [-0.1, -0.05) is 6.42 Å². The van der Waals surface area contributed by atoms with E-state index in [0.29, 0.717) is 6.04 Å². The lowest BCUT2D eigenvalue weighted by Gasteiger charge is -2.45. The lowest BCUT2D eigenvalue weighted by molar-refractivity contribution is 0.0442. The number of aromatic amines is 1. The summed E-state index contributed by atoms with van der Waals surface area (Å²) in [4.78, 5) is 13.0. The summed E-state index contributed by atoms with van der Waals surface area (Å²) in [7, 11) is 0. The summed E-state index contributed by atoms with van der Waals surface area (Å²) >= 11 is 0. The van der Waals surface area contributed by atoms with Crippen LogP contribution in [-0.2, 0) is 13.0 Å². The lowest BCUT2D eigenvalue weighted by atomic mass is 9.98. The highest BCUT2D eigenvalue weighted by atomic mass is 15.3. The molecule has 2 unspecified atom stereocenters. The fraction of sp³-hybridized carbons (Fsp3) is 0.800. The number of nitrogens with zero attached hydrogens (tertiary/aromatic N) is 3. The van der Waals surface area contributed by atoms with E-state index in [1.807, 2.05) is 6.33 Å². The maximum absolute atomic E-state index is 4.44. The highest BCUT2D eigenvalue weighted by Crippen LogP contribution is 2.22. The van der Waals surface area contributed by atoms with Crippen LogP contribution in [0.5, 0.6) is 0 Å². The Bertz CT molecular complexity index is 457. The molecule has 20 heavy (non-hydrogen) atoms. The molecule has 5 nitrogen and oxygen atoms in total. The molecule has 0 spiro atoms. The number of hydrogen-bond acceptors (Lipinski definition) is 4. The van der Waals surface area contributed by atoms with Crippen molar-refractivity contribution in [2.75, 3.05) is 32.7 Å². The number of fused-ring (bicyclic) bond motifs is 2. The Labute approximate surface area is 120 Å². The van der Waals surface area contributed by atoms with E-state index in [1.54, 1.807) is 0 Å². The Morgan fingerprint density at radius 1 is 1.25 bits per heavy atom. The van der Waals surface area contributed by atoms with Crippen LogP contribution in [-0.4, -0.2) is 64.6 Å². The summed E-state index contributed by atoms with van der Waals surface area (Å²) in [6.45, 7) is 7.23. The average molecular weight is 275 g/mol. The molecule has 2 saturated heterocycles.